The van der Waals surface area contributed by atoms with Gasteiger partial charge in [-0.05, 0) is 38.1 Å². The van der Waals surface area contributed by atoms with Gasteiger partial charge in [0.05, 0.1) is 0 Å². The predicted octanol–water partition coefficient (Wildman–Crippen LogP) is 2.42. The summed E-state index contributed by atoms with van der Waals surface area (Å²) in [4.78, 5) is 16.5. The second kappa shape index (κ2) is 6.57. The van der Waals surface area contributed by atoms with Gasteiger partial charge in [0.1, 0.15) is 0 Å². The van der Waals surface area contributed by atoms with Crippen LogP contribution in [0.5, 0.6) is 0 Å². The van der Waals surface area contributed by atoms with Crippen molar-refractivity contribution in [1.82, 2.24) is 9.80 Å². The second-order valence-electron chi connectivity index (χ2n) is 5.08. The highest BCUT2D eigenvalue weighted by atomic mass is 16.2. The van der Waals surface area contributed by atoms with Gasteiger partial charge in [-0.2, -0.15) is 0 Å². The van der Waals surface area contributed by atoms with Crippen molar-refractivity contribution in [2.45, 2.75) is 19.8 Å². The summed E-state index contributed by atoms with van der Waals surface area (Å²) in [7, 11) is 2.10. The predicted molar refractivity (Wildman–Crippen MR) is 78.5 cm³/mol. The average molecular weight is 261 g/mol. The standard InChI is InChI=1S/C15H23N3O/c1-3-13-7-4-5-8-14(13)16-15(19)18-10-6-9-17(2)11-12-18/h4-5,7-8H,3,6,9-12H2,1-2H3,(H,16,19). The molecule has 2 amide bonds. The summed E-state index contributed by atoms with van der Waals surface area (Å²) in [5.41, 5.74) is 2.12. The number of aryl methyl sites for hydroxylation is 1. The molecule has 0 bridgehead atoms. The summed E-state index contributed by atoms with van der Waals surface area (Å²) < 4.78 is 0. The molecule has 104 valence electrons. The first-order valence-electron chi connectivity index (χ1n) is 7.03. The number of likely N-dealkylation sites (N-methyl/N-ethyl adjacent to an activating group) is 1. The molecular formula is C15H23N3O. The fourth-order valence-electron chi connectivity index (χ4n) is 2.39. The highest BCUT2D eigenvalue weighted by molar-refractivity contribution is 5.90. The van der Waals surface area contributed by atoms with Crippen LogP contribution in [0, 0.1) is 0 Å². The minimum absolute atomic E-state index is 0.0243. The van der Waals surface area contributed by atoms with Gasteiger partial charge in [0, 0.05) is 25.3 Å². The molecule has 0 spiro atoms. The van der Waals surface area contributed by atoms with Crippen molar-refractivity contribution < 1.29 is 4.79 Å². The summed E-state index contributed by atoms with van der Waals surface area (Å²) in [6.07, 6.45) is 1.97. The van der Waals surface area contributed by atoms with Crippen LogP contribution in [0.4, 0.5) is 10.5 Å². The highest BCUT2D eigenvalue weighted by Gasteiger charge is 2.17. The molecule has 4 heteroatoms. The third-order valence-corrected chi connectivity index (χ3v) is 3.65. The van der Waals surface area contributed by atoms with E-state index in [1.165, 1.54) is 5.56 Å². The molecule has 0 radical (unpaired) electrons. The Hall–Kier alpha value is -1.55. The van der Waals surface area contributed by atoms with Gasteiger partial charge in [-0.15, -0.1) is 0 Å². The van der Waals surface area contributed by atoms with Crippen molar-refractivity contribution in [3.8, 4) is 0 Å². The van der Waals surface area contributed by atoms with Crippen LogP contribution in [-0.2, 0) is 6.42 Å². The monoisotopic (exact) mass is 261 g/mol. The van der Waals surface area contributed by atoms with Gasteiger partial charge >= 0.3 is 6.03 Å². The van der Waals surface area contributed by atoms with Crippen LogP contribution in [0.1, 0.15) is 18.9 Å². The molecule has 2 rings (SSSR count). The Morgan fingerprint density at radius 3 is 2.79 bits per heavy atom. The fourth-order valence-corrected chi connectivity index (χ4v) is 2.39. The zero-order chi connectivity index (χ0) is 13.7. The van der Waals surface area contributed by atoms with E-state index in [0.717, 1.165) is 44.7 Å². The molecule has 0 unspecified atom stereocenters. The van der Waals surface area contributed by atoms with Crippen LogP contribution >= 0.6 is 0 Å². The average Bonchev–Trinajstić information content (AvgIpc) is 2.64. The quantitative estimate of drug-likeness (QED) is 0.887. The Labute approximate surface area is 115 Å². The lowest BCUT2D eigenvalue weighted by Crippen LogP contribution is -2.37. The van der Waals surface area contributed by atoms with Crippen molar-refractivity contribution in [2.75, 3.05) is 38.5 Å². The van der Waals surface area contributed by atoms with Crippen LogP contribution < -0.4 is 5.32 Å². The van der Waals surface area contributed by atoms with E-state index in [0.29, 0.717) is 0 Å². The van der Waals surface area contributed by atoms with E-state index in [2.05, 4.69) is 30.3 Å². The maximum atomic E-state index is 12.3. The van der Waals surface area contributed by atoms with Crippen LogP contribution in [0.25, 0.3) is 0 Å². The minimum atomic E-state index is 0.0243. The second-order valence-corrected chi connectivity index (χ2v) is 5.08. The molecule has 1 aliphatic rings. The molecule has 0 atom stereocenters. The summed E-state index contributed by atoms with van der Waals surface area (Å²) >= 11 is 0. The van der Waals surface area contributed by atoms with Crippen molar-refractivity contribution in [3.05, 3.63) is 29.8 Å². The van der Waals surface area contributed by atoms with E-state index < -0.39 is 0 Å². The molecule has 1 saturated heterocycles. The van der Waals surface area contributed by atoms with Gasteiger partial charge in [-0.25, -0.2) is 4.79 Å². The number of para-hydroxylation sites is 1. The van der Waals surface area contributed by atoms with Gasteiger partial charge in [0.2, 0.25) is 0 Å². The SMILES string of the molecule is CCc1ccccc1NC(=O)N1CCCN(C)CC1. The van der Waals surface area contributed by atoms with Crippen molar-refractivity contribution in [2.24, 2.45) is 0 Å². The van der Waals surface area contributed by atoms with Crippen molar-refractivity contribution in [1.29, 1.82) is 0 Å². The van der Waals surface area contributed by atoms with E-state index in [1.54, 1.807) is 0 Å². The minimum Gasteiger partial charge on any atom is -0.323 e. The zero-order valence-electron chi connectivity index (χ0n) is 11.9. The van der Waals surface area contributed by atoms with Crippen LogP contribution in [0.2, 0.25) is 0 Å². The number of amides is 2. The molecule has 1 aliphatic heterocycles. The van der Waals surface area contributed by atoms with Crippen LogP contribution in [0.3, 0.4) is 0 Å². The van der Waals surface area contributed by atoms with Crippen LogP contribution in [0.15, 0.2) is 24.3 Å². The molecule has 0 saturated carbocycles. The number of nitrogens with one attached hydrogen (secondary N) is 1. The molecule has 1 heterocycles. The first kappa shape index (κ1) is 13.9. The lowest BCUT2D eigenvalue weighted by Gasteiger charge is -2.21. The number of hydrogen-bond donors (Lipinski definition) is 1. The maximum Gasteiger partial charge on any atom is 0.321 e. The van der Waals surface area contributed by atoms with Gasteiger partial charge in [0.15, 0.2) is 0 Å². The molecule has 19 heavy (non-hydrogen) atoms. The number of carbonyl (C=O) groups excluding carboxylic acids is 1. The van der Waals surface area contributed by atoms with E-state index in [1.807, 2.05) is 23.1 Å². The first-order valence-corrected chi connectivity index (χ1v) is 7.03. The lowest BCUT2D eigenvalue weighted by atomic mass is 10.1. The molecule has 1 aromatic carbocycles. The maximum absolute atomic E-state index is 12.3. The number of anilines is 1. The first-order chi connectivity index (χ1) is 9.20. The number of carbonyl (C=O) groups is 1. The topological polar surface area (TPSA) is 35.6 Å². The molecule has 1 N–H and O–H groups in total. The van der Waals surface area contributed by atoms with Crippen LogP contribution in [-0.4, -0.2) is 49.1 Å². The molecular weight excluding hydrogens is 238 g/mol. The highest BCUT2D eigenvalue weighted by Crippen LogP contribution is 2.16. The summed E-state index contributed by atoms with van der Waals surface area (Å²) in [6, 6.07) is 8.03. The number of urea groups is 1. The number of benzene rings is 1. The Kier molecular flexibility index (Phi) is 4.80. The molecule has 1 aromatic rings. The molecule has 1 fully saturated rings. The Bertz CT molecular complexity index is 433. The zero-order valence-corrected chi connectivity index (χ0v) is 11.9. The summed E-state index contributed by atoms with van der Waals surface area (Å²) in [6.45, 7) is 5.76. The third kappa shape index (κ3) is 3.70. The fraction of sp³-hybridized carbons (Fsp3) is 0.533. The third-order valence-electron chi connectivity index (χ3n) is 3.65. The van der Waals surface area contributed by atoms with E-state index in [4.69, 9.17) is 0 Å². The van der Waals surface area contributed by atoms with Gasteiger partial charge < -0.3 is 15.1 Å². The molecule has 4 nitrogen and oxygen atoms in total. The van der Waals surface area contributed by atoms with Gasteiger partial charge in [-0.3, -0.25) is 0 Å². The number of hydrogen-bond acceptors (Lipinski definition) is 2. The van der Waals surface area contributed by atoms with Gasteiger partial charge in [0.25, 0.3) is 0 Å². The summed E-state index contributed by atoms with van der Waals surface area (Å²) in [5.74, 6) is 0. The van der Waals surface area contributed by atoms with Gasteiger partial charge in [-0.1, -0.05) is 25.1 Å². The van der Waals surface area contributed by atoms with E-state index in [9.17, 15) is 4.79 Å². The van der Waals surface area contributed by atoms with E-state index in [-0.39, 0.29) is 6.03 Å². The van der Waals surface area contributed by atoms with Crippen molar-refractivity contribution >= 4 is 11.7 Å². The molecule has 0 aromatic heterocycles. The number of rotatable bonds is 2. The largest absolute Gasteiger partial charge is 0.323 e. The summed E-state index contributed by atoms with van der Waals surface area (Å²) in [5, 5.41) is 3.04. The van der Waals surface area contributed by atoms with Crippen molar-refractivity contribution in [3.63, 3.8) is 0 Å². The smallest absolute Gasteiger partial charge is 0.321 e. The Morgan fingerprint density at radius 2 is 2.00 bits per heavy atom. The lowest BCUT2D eigenvalue weighted by molar-refractivity contribution is 0.213. The Morgan fingerprint density at radius 1 is 1.21 bits per heavy atom. The number of nitrogens with zero attached hydrogens (tertiary/aromatic N) is 2. The normalized spacial score (nSPS) is 17.1. The Balaban J connectivity index is 2.00. The van der Waals surface area contributed by atoms with E-state index >= 15 is 0 Å². The molecule has 0 aliphatic carbocycles.